The van der Waals surface area contributed by atoms with Gasteiger partial charge in [0.2, 0.25) is 0 Å². The van der Waals surface area contributed by atoms with Gasteiger partial charge in [0.15, 0.2) is 0 Å². The van der Waals surface area contributed by atoms with E-state index in [1.54, 1.807) is 12.1 Å². The predicted molar refractivity (Wildman–Crippen MR) is 69.2 cm³/mol. The van der Waals surface area contributed by atoms with E-state index in [-0.39, 0.29) is 0 Å². The highest BCUT2D eigenvalue weighted by Gasteiger charge is 2.08. The molecule has 5 nitrogen and oxygen atoms in total. The number of phenolic OH excluding ortho intramolecular Hbond substituents is 1. The number of H-pyrrole nitrogens is 1. The predicted octanol–water partition coefficient (Wildman–Crippen LogP) is 1.79. The zero-order chi connectivity index (χ0) is 12.8. The minimum Gasteiger partial charge on any atom is -0.508 e. The summed E-state index contributed by atoms with van der Waals surface area (Å²) in [6.07, 6.45) is 3.35. The summed E-state index contributed by atoms with van der Waals surface area (Å²) in [5.74, 6) is 1.19. The van der Waals surface area contributed by atoms with Crippen LogP contribution >= 0.6 is 0 Å². The molecule has 0 saturated heterocycles. The molecule has 0 aliphatic rings. The summed E-state index contributed by atoms with van der Waals surface area (Å²) in [6.45, 7) is 2.98. The van der Waals surface area contributed by atoms with Gasteiger partial charge in [-0.1, -0.05) is 19.1 Å². The standard InChI is InChI=1S/C13H18N4O/c1-2-12(10-3-5-11(18)6-4-10)14-8-7-13-15-9-16-17-13/h3-6,9,12,14,18H,2,7-8H2,1H3,(H,15,16,17). The van der Waals surface area contributed by atoms with Crippen LogP contribution in [0.25, 0.3) is 0 Å². The molecule has 0 aliphatic heterocycles. The first-order valence-electron chi connectivity index (χ1n) is 6.16. The van der Waals surface area contributed by atoms with Crippen LogP contribution in [0.1, 0.15) is 30.8 Å². The lowest BCUT2D eigenvalue weighted by molar-refractivity contribution is 0.473. The fraction of sp³-hybridized carbons (Fsp3) is 0.385. The minimum absolute atomic E-state index is 0.300. The zero-order valence-corrected chi connectivity index (χ0v) is 10.4. The van der Waals surface area contributed by atoms with Crippen LogP contribution < -0.4 is 5.32 Å². The number of nitrogens with one attached hydrogen (secondary N) is 2. The van der Waals surface area contributed by atoms with E-state index < -0.39 is 0 Å². The third-order valence-electron chi connectivity index (χ3n) is 2.92. The molecule has 96 valence electrons. The molecule has 1 unspecified atom stereocenters. The molecule has 1 atom stereocenters. The summed E-state index contributed by atoms with van der Waals surface area (Å²) in [4.78, 5) is 4.08. The maximum atomic E-state index is 9.27. The number of nitrogens with zero attached hydrogens (tertiary/aromatic N) is 2. The molecule has 0 aliphatic carbocycles. The van der Waals surface area contributed by atoms with Crippen molar-refractivity contribution >= 4 is 0 Å². The van der Waals surface area contributed by atoms with E-state index in [1.165, 1.54) is 11.9 Å². The maximum absolute atomic E-state index is 9.27. The lowest BCUT2D eigenvalue weighted by Gasteiger charge is -2.17. The topological polar surface area (TPSA) is 73.8 Å². The van der Waals surface area contributed by atoms with Gasteiger partial charge in [-0.2, -0.15) is 5.10 Å². The molecule has 0 radical (unpaired) electrons. The summed E-state index contributed by atoms with van der Waals surface area (Å²) < 4.78 is 0. The molecule has 5 heteroatoms. The van der Waals surface area contributed by atoms with Crippen LogP contribution in [0.2, 0.25) is 0 Å². The van der Waals surface area contributed by atoms with Crippen LogP contribution in [0.15, 0.2) is 30.6 Å². The number of aromatic amines is 1. The van der Waals surface area contributed by atoms with Crippen molar-refractivity contribution in [2.75, 3.05) is 6.54 Å². The quantitative estimate of drug-likeness (QED) is 0.726. The van der Waals surface area contributed by atoms with Crippen molar-refractivity contribution < 1.29 is 5.11 Å². The van der Waals surface area contributed by atoms with E-state index in [9.17, 15) is 5.11 Å². The van der Waals surface area contributed by atoms with Crippen molar-refractivity contribution in [1.29, 1.82) is 0 Å². The smallest absolute Gasteiger partial charge is 0.137 e. The van der Waals surface area contributed by atoms with E-state index >= 15 is 0 Å². The summed E-state index contributed by atoms with van der Waals surface area (Å²) in [7, 11) is 0. The first-order chi connectivity index (χ1) is 8.79. The zero-order valence-electron chi connectivity index (χ0n) is 10.4. The molecule has 0 amide bonds. The van der Waals surface area contributed by atoms with Crippen LogP contribution in [-0.4, -0.2) is 26.8 Å². The highest BCUT2D eigenvalue weighted by molar-refractivity contribution is 5.27. The minimum atomic E-state index is 0.300. The summed E-state index contributed by atoms with van der Waals surface area (Å²) in [6, 6.07) is 7.64. The van der Waals surface area contributed by atoms with E-state index in [4.69, 9.17) is 0 Å². The Bertz CT molecular complexity index is 452. The third kappa shape index (κ3) is 3.30. The number of aromatic nitrogens is 3. The number of phenols is 1. The van der Waals surface area contributed by atoms with Crippen LogP contribution in [-0.2, 0) is 6.42 Å². The van der Waals surface area contributed by atoms with Gasteiger partial charge in [-0.15, -0.1) is 0 Å². The van der Waals surface area contributed by atoms with Crippen molar-refractivity contribution in [3.05, 3.63) is 42.0 Å². The van der Waals surface area contributed by atoms with Gasteiger partial charge in [-0.05, 0) is 24.1 Å². The van der Waals surface area contributed by atoms with Crippen molar-refractivity contribution in [2.24, 2.45) is 0 Å². The Kier molecular flexibility index (Phi) is 4.30. The molecule has 2 aromatic rings. The fourth-order valence-electron chi connectivity index (χ4n) is 1.92. The molecule has 1 aromatic heterocycles. The average Bonchev–Trinajstić information content (AvgIpc) is 2.89. The van der Waals surface area contributed by atoms with Crippen LogP contribution in [0.5, 0.6) is 5.75 Å². The lowest BCUT2D eigenvalue weighted by Crippen LogP contribution is -2.23. The molecule has 1 heterocycles. The molecule has 3 N–H and O–H groups in total. The molecule has 0 saturated carbocycles. The Morgan fingerprint density at radius 2 is 2.11 bits per heavy atom. The number of rotatable bonds is 6. The number of hydrogen-bond donors (Lipinski definition) is 3. The van der Waals surface area contributed by atoms with Gasteiger partial charge < -0.3 is 10.4 Å². The Balaban J connectivity index is 1.87. The molecule has 1 aromatic carbocycles. The lowest BCUT2D eigenvalue weighted by atomic mass is 10.0. The third-order valence-corrected chi connectivity index (χ3v) is 2.92. The fourth-order valence-corrected chi connectivity index (χ4v) is 1.92. The molecular formula is C13H18N4O. The maximum Gasteiger partial charge on any atom is 0.137 e. The summed E-state index contributed by atoms with van der Waals surface area (Å²) >= 11 is 0. The first-order valence-corrected chi connectivity index (χ1v) is 6.16. The number of benzene rings is 1. The normalized spacial score (nSPS) is 12.5. The monoisotopic (exact) mass is 246 g/mol. The highest BCUT2D eigenvalue weighted by Crippen LogP contribution is 2.19. The Hall–Kier alpha value is -1.88. The van der Waals surface area contributed by atoms with Crippen LogP contribution in [0, 0.1) is 0 Å². The SMILES string of the molecule is CCC(NCCc1ncn[nH]1)c1ccc(O)cc1. The van der Waals surface area contributed by atoms with E-state index in [1.807, 2.05) is 12.1 Å². The second-order valence-electron chi connectivity index (χ2n) is 4.19. The Morgan fingerprint density at radius 3 is 2.72 bits per heavy atom. The van der Waals surface area contributed by atoms with Gasteiger partial charge in [0.1, 0.15) is 17.9 Å². The average molecular weight is 246 g/mol. The van der Waals surface area contributed by atoms with Crippen LogP contribution in [0.4, 0.5) is 0 Å². The van der Waals surface area contributed by atoms with Gasteiger partial charge in [0.05, 0.1) is 0 Å². The van der Waals surface area contributed by atoms with E-state index in [2.05, 4.69) is 27.4 Å². The second kappa shape index (κ2) is 6.16. The van der Waals surface area contributed by atoms with E-state index in [0.717, 1.165) is 25.2 Å². The summed E-state index contributed by atoms with van der Waals surface area (Å²) in [5, 5.41) is 19.4. The number of hydrogen-bond acceptors (Lipinski definition) is 4. The van der Waals surface area contributed by atoms with Gasteiger partial charge >= 0.3 is 0 Å². The molecule has 0 spiro atoms. The van der Waals surface area contributed by atoms with Crippen molar-refractivity contribution in [2.45, 2.75) is 25.8 Å². The van der Waals surface area contributed by atoms with Crippen molar-refractivity contribution in [3.8, 4) is 5.75 Å². The molecular weight excluding hydrogens is 228 g/mol. The molecule has 18 heavy (non-hydrogen) atoms. The van der Waals surface area contributed by atoms with Crippen molar-refractivity contribution in [1.82, 2.24) is 20.5 Å². The van der Waals surface area contributed by atoms with Crippen molar-refractivity contribution in [3.63, 3.8) is 0 Å². The van der Waals surface area contributed by atoms with Gasteiger partial charge in [-0.3, -0.25) is 5.10 Å². The number of aromatic hydroxyl groups is 1. The van der Waals surface area contributed by atoms with Crippen LogP contribution in [0.3, 0.4) is 0 Å². The highest BCUT2D eigenvalue weighted by atomic mass is 16.3. The van der Waals surface area contributed by atoms with E-state index in [0.29, 0.717) is 11.8 Å². The Morgan fingerprint density at radius 1 is 1.33 bits per heavy atom. The van der Waals surface area contributed by atoms with Gasteiger partial charge in [-0.25, -0.2) is 4.98 Å². The molecule has 0 bridgehead atoms. The van der Waals surface area contributed by atoms with Gasteiger partial charge in [0, 0.05) is 19.0 Å². The second-order valence-corrected chi connectivity index (χ2v) is 4.19. The Labute approximate surface area is 106 Å². The first kappa shape index (κ1) is 12.6. The van der Waals surface area contributed by atoms with Gasteiger partial charge in [0.25, 0.3) is 0 Å². The molecule has 2 rings (SSSR count). The largest absolute Gasteiger partial charge is 0.508 e. The molecule has 0 fully saturated rings. The summed E-state index contributed by atoms with van der Waals surface area (Å²) in [5.41, 5.74) is 1.19.